The van der Waals surface area contributed by atoms with Gasteiger partial charge in [0, 0.05) is 0 Å². The summed E-state index contributed by atoms with van der Waals surface area (Å²) in [5.41, 5.74) is 0. The zero-order chi connectivity index (χ0) is 8.39. The molecule has 1 heteroatoms. The Morgan fingerprint density at radius 2 is 2.08 bits per heavy atom. The van der Waals surface area contributed by atoms with E-state index < -0.39 is 0 Å². The highest BCUT2D eigenvalue weighted by Gasteiger charge is 2.35. The van der Waals surface area contributed by atoms with Crippen LogP contribution in [0, 0.1) is 17.8 Å². The largest absolute Gasteiger partial charge is 0.316 e. The molecule has 12 heavy (non-hydrogen) atoms. The first-order valence-electron chi connectivity index (χ1n) is 5.62. The van der Waals surface area contributed by atoms with Crippen molar-refractivity contribution in [2.75, 3.05) is 13.1 Å². The number of hydrogen-bond donors (Lipinski definition) is 1. The molecule has 1 nitrogen and oxygen atoms in total. The third-order valence-electron chi connectivity index (χ3n) is 3.64. The van der Waals surface area contributed by atoms with E-state index in [9.17, 15) is 0 Å². The van der Waals surface area contributed by atoms with Crippen molar-refractivity contribution >= 4 is 0 Å². The molecule has 0 amide bonds. The van der Waals surface area contributed by atoms with Crippen LogP contribution in [0.3, 0.4) is 0 Å². The Balaban J connectivity index is 1.85. The fraction of sp³-hybridized carbons (Fsp3) is 1.00. The zero-order valence-electron chi connectivity index (χ0n) is 8.18. The van der Waals surface area contributed by atoms with Crippen molar-refractivity contribution in [2.45, 2.75) is 39.0 Å². The van der Waals surface area contributed by atoms with Gasteiger partial charge in [-0.05, 0) is 56.5 Å². The highest BCUT2D eigenvalue weighted by atomic mass is 14.9. The highest BCUT2D eigenvalue weighted by Crippen LogP contribution is 2.43. The molecule has 1 saturated carbocycles. The zero-order valence-corrected chi connectivity index (χ0v) is 8.18. The lowest BCUT2D eigenvalue weighted by atomic mass is 9.81. The minimum Gasteiger partial charge on any atom is -0.316 e. The van der Waals surface area contributed by atoms with Crippen LogP contribution in [0.1, 0.15) is 39.0 Å². The molecule has 0 aromatic rings. The summed E-state index contributed by atoms with van der Waals surface area (Å²) >= 11 is 0. The van der Waals surface area contributed by atoms with Crippen LogP contribution in [0.2, 0.25) is 0 Å². The summed E-state index contributed by atoms with van der Waals surface area (Å²) in [6, 6.07) is 0. The SMILES string of the molecule is CCC(C1CC1)C1CCCNC1. The van der Waals surface area contributed by atoms with E-state index in [1.54, 1.807) is 0 Å². The van der Waals surface area contributed by atoms with E-state index in [-0.39, 0.29) is 0 Å². The molecule has 1 aliphatic carbocycles. The van der Waals surface area contributed by atoms with Gasteiger partial charge in [0.05, 0.1) is 0 Å². The lowest BCUT2D eigenvalue weighted by Gasteiger charge is -2.30. The molecule has 0 radical (unpaired) electrons. The van der Waals surface area contributed by atoms with Crippen molar-refractivity contribution < 1.29 is 0 Å². The van der Waals surface area contributed by atoms with E-state index in [1.807, 2.05) is 0 Å². The molecular weight excluding hydrogens is 146 g/mol. The molecule has 0 aromatic carbocycles. The number of nitrogens with one attached hydrogen (secondary N) is 1. The van der Waals surface area contributed by atoms with Gasteiger partial charge in [0.2, 0.25) is 0 Å². The maximum absolute atomic E-state index is 3.53. The third kappa shape index (κ3) is 1.82. The molecule has 2 aliphatic rings. The standard InChI is InChI=1S/C11H21N/c1-2-11(9-5-6-9)10-4-3-7-12-8-10/h9-12H,2-8H2,1H3. The average Bonchev–Trinajstić information content (AvgIpc) is 2.92. The predicted molar refractivity (Wildman–Crippen MR) is 52.1 cm³/mol. The van der Waals surface area contributed by atoms with E-state index in [2.05, 4.69) is 12.2 Å². The lowest BCUT2D eigenvalue weighted by molar-refractivity contribution is 0.232. The van der Waals surface area contributed by atoms with Crippen molar-refractivity contribution in [3.63, 3.8) is 0 Å². The summed E-state index contributed by atoms with van der Waals surface area (Å²) in [6.07, 6.45) is 7.36. The van der Waals surface area contributed by atoms with Gasteiger partial charge in [-0.3, -0.25) is 0 Å². The monoisotopic (exact) mass is 167 g/mol. The third-order valence-corrected chi connectivity index (χ3v) is 3.64. The Kier molecular flexibility index (Phi) is 2.69. The van der Waals surface area contributed by atoms with Crippen LogP contribution in [-0.4, -0.2) is 13.1 Å². The predicted octanol–water partition coefficient (Wildman–Crippen LogP) is 2.42. The van der Waals surface area contributed by atoms with Crippen LogP contribution in [0.25, 0.3) is 0 Å². The van der Waals surface area contributed by atoms with E-state index in [4.69, 9.17) is 0 Å². The number of piperidine rings is 1. The van der Waals surface area contributed by atoms with Gasteiger partial charge in [-0.25, -0.2) is 0 Å². The molecule has 2 atom stereocenters. The van der Waals surface area contributed by atoms with Gasteiger partial charge in [-0.2, -0.15) is 0 Å². The Morgan fingerprint density at radius 1 is 1.25 bits per heavy atom. The Hall–Kier alpha value is -0.0400. The summed E-state index contributed by atoms with van der Waals surface area (Å²) in [4.78, 5) is 0. The van der Waals surface area contributed by atoms with Gasteiger partial charge < -0.3 is 5.32 Å². The van der Waals surface area contributed by atoms with Crippen LogP contribution >= 0.6 is 0 Å². The second-order valence-corrected chi connectivity index (χ2v) is 4.52. The van der Waals surface area contributed by atoms with E-state index in [0.717, 1.165) is 17.8 Å². The Bertz CT molecular complexity index is 134. The first kappa shape index (κ1) is 8.55. The molecule has 2 unspecified atom stereocenters. The van der Waals surface area contributed by atoms with Gasteiger partial charge in [0.25, 0.3) is 0 Å². The quantitative estimate of drug-likeness (QED) is 0.680. The van der Waals surface area contributed by atoms with Crippen molar-refractivity contribution in [1.29, 1.82) is 0 Å². The normalized spacial score (nSPS) is 33.2. The highest BCUT2D eigenvalue weighted by molar-refractivity contribution is 4.87. The first-order valence-corrected chi connectivity index (χ1v) is 5.62. The van der Waals surface area contributed by atoms with Gasteiger partial charge in [-0.1, -0.05) is 13.3 Å². The smallest absolute Gasteiger partial charge is 0.00178 e. The molecular formula is C11H21N. The fourth-order valence-electron chi connectivity index (χ4n) is 2.82. The Morgan fingerprint density at radius 3 is 2.58 bits per heavy atom. The van der Waals surface area contributed by atoms with Crippen LogP contribution in [0.4, 0.5) is 0 Å². The van der Waals surface area contributed by atoms with Crippen molar-refractivity contribution in [3.05, 3.63) is 0 Å². The van der Waals surface area contributed by atoms with Crippen molar-refractivity contribution in [3.8, 4) is 0 Å². The second kappa shape index (κ2) is 3.78. The van der Waals surface area contributed by atoms with E-state index in [0.29, 0.717) is 0 Å². The molecule has 70 valence electrons. The minimum absolute atomic E-state index is 1.01. The average molecular weight is 167 g/mol. The summed E-state index contributed by atoms with van der Waals surface area (Å²) in [5, 5.41) is 3.53. The molecule has 2 fully saturated rings. The van der Waals surface area contributed by atoms with E-state index in [1.165, 1.54) is 45.2 Å². The Labute approximate surface area is 75.9 Å². The molecule has 1 N–H and O–H groups in total. The molecule has 0 bridgehead atoms. The van der Waals surface area contributed by atoms with Gasteiger partial charge in [0.1, 0.15) is 0 Å². The maximum atomic E-state index is 3.53. The molecule has 1 aliphatic heterocycles. The fourth-order valence-corrected chi connectivity index (χ4v) is 2.82. The number of rotatable bonds is 3. The lowest BCUT2D eigenvalue weighted by Crippen LogP contribution is -2.34. The van der Waals surface area contributed by atoms with E-state index >= 15 is 0 Å². The van der Waals surface area contributed by atoms with Crippen LogP contribution in [0.15, 0.2) is 0 Å². The first-order chi connectivity index (χ1) is 5.92. The van der Waals surface area contributed by atoms with Gasteiger partial charge in [-0.15, -0.1) is 0 Å². The molecule has 1 saturated heterocycles. The molecule has 1 heterocycles. The maximum Gasteiger partial charge on any atom is -0.00178 e. The molecule has 0 spiro atoms. The van der Waals surface area contributed by atoms with Crippen LogP contribution < -0.4 is 5.32 Å². The summed E-state index contributed by atoms with van der Waals surface area (Å²) in [5.74, 6) is 3.17. The second-order valence-electron chi connectivity index (χ2n) is 4.52. The van der Waals surface area contributed by atoms with Gasteiger partial charge >= 0.3 is 0 Å². The molecule has 2 rings (SSSR count). The van der Waals surface area contributed by atoms with Crippen LogP contribution in [0.5, 0.6) is 0 Å². The molecule has 0 aromatic heterocycles. The summed E-state index contributed by atoms with van der Waals surface area (Å²) in [7, 11) is 0. The topological polar surface area (TPSA) is 12.0 Å². The summed E-state index contributed by atoms with van der Waals surface area (Å²) < 4.78 is 0. The summed E-state index contributed by atoms with van der Waals surface area (Å²) in [6.45, 7) is 4.93. The van der Waals surface area contributed by atoms with Crippen molar-refractivity contribution in [2.24, 2.45) is 17.8 Å². The van der Waals surface area contributed by atoms with Gasteiger partial charge in [0.15, 0.2) is 0 Å². The van der Waals surface area contributed by atoms with Crippen LogP contribution in [-0.2, 0) is 0 Å². The van der Waals surface area contributed by atoms with Crippen molar-refractivity contribution in [1.82, 2.24) is 5.32 Å². The number of hydrogen-bond acceptors (Lipinski definition) is 1. The minimum atomic E-state index is 1.01.